The monoisotopic (exact) mass is 658 g/mol. The smallest absolute Gasteiger partial charge is 1.00 e. The Morgan fingerprint density at radius 3 is 1.70 bits per heavy atom. The van der Waals surface area contributed by atoms with Gasteiger partial charge in [-0.15, -0.1) is 0 Å². The Hall–Kier alpha value is 0.501. The van der Waals surface area contributed by atoms with Crippen LogP contribution in [0.4, 0.5) is 0 Å². The van der Waals surface area contributed by atoms with Crippen molar-refractivity contribution in [1.82, 2.24) is 0 Å². The number of halogens is 3. The molecule has 0 aromatic heterocycles. The van der Waals surface area contributed by atoms with E-state index in [1.807, 2.05) is 0 Å². The van der Waals surface area contributed by atoms with Gasteiger partial charge in [0.1, 0.15) is 0 Å². The zero-order valence-corrected chi connectivity index (χ0v) is 31.1. The van der Waals surface area contributed by atoms with Crippen molar-refractivity contribution >= 4 is 14.7 Å². The first-order valence-electron chi connectivity index (χ1n) is 16.2. The number of allylic oxidation sites excluding steroid dienone is 4. The Morgan fingerprint density at radius 1 is 0.725 bits per heavy atom. The molecule has 0 nitrogen and oxygen atoms in total. The third-order valence-corrected chi connectivity index (χ3v) is 14.7. The number of hydrogen-bond donors (Lipinski definition) is 0. The van der Waals surface area contributed by atoms with E-state index >= 15 is 0 Å². The number of hydrogen-bond acceptors (Lipinski definition) is 0. The van der Waals surface area contributed by atoms with Crippen molar-refractivity contribution in [1.29, 1.82) is 0 Å². The molecule has 0 amide bonds. The van der Waals surface area contributed by atoms with Gasteiger partial charge in [-0.3, -0.25) is 0 Å². The quantitative estimate of drug-likeness (QED) is 0.155. The van der Waals surface area contributed by atoms with Crippen LogP contribution in [-0.2, 0) is 20.4 Å². The van der Waals surface area contributed by atoms with Gasteiger partial charge in [-0.2, -0.15) is 0 Å². The minimum atomic E-state index is -0.373. The molecule has 4 unspecified atom stereocenters. The zero-order valence-electron chi connectivity index (χ0n) is 25.8. The molecule has 1 aromatic carbocycles. The van der Waals surface area contributed by atoms with Crippen LogP contribution in [0.5, 0.6) is 0 Å². The van der Waals surface area contributed by atoms with E-state index in [0.29, 0.717) is 8.76 Å². The average Bonchev–Trinajstić information content (AvgIpc) is 3.06. The minimum Gasteiger partial charge on any atom is -1.00 e. The fraction of sp³-hybridized carbons (Fsp3) is 0.714. The largest absolute Gasteiger partial charge is 1.00 e. The summed E-state index contributed by atoms with van der Waals surface area (Å²) in [5.41, 5.74) is 1.77. The average molecular weight is 660 g/mol. The van der Waals surface area contributed by atoms with Crippen molar-refractivity contribution in [2.75, 3.05) is 0 Å². The molecule has 3 rings (SSSR count). The van der Waals surface area contributed by atoms with Crippen molar-refractivity contribution in [2.45, 2.75) is 145 Å². The third-order valence-electron chi connectivity index (χ3n) is 10.0. The number of unbranched alkanes of at least 4 members (excludes halogenated alkanes) is 15. The number of fused-ring (bicyclic) bond motifs is 1. The predicted molar refractivity (Wildman–Crippen MR) is 164 cm³/mol. The van der Waals surface area contributed by atoms with Crippen LogP contribution in [0.3, 0.4) is 0 Å². The number of rotatable bonds is 19. The molecular formula is C35H57Cl3SiTi. The van der Waals surface area contributed by atoms with Gasteiger partial charge in [-0.1, -0.05) is 58.3 Å². The molecule has 0 heterocycles. The van der Waals surface area contributed by atoms with Crippen molar-refractivity contribution in [3.63, 3.8) is 0 Å². The van der Waals surface area contributed by atoms with E-state index in [1.54, 1.807) is 10.8 Å². The van der Waals surface area contributed by atoms with Crippen molar-refractivity contribution in [3.05, 3.63) is 54.1 Å². The Kier molecular flexibility index (Phi) is 22.4. The van der Waals surface area contributed by atoms with Gasteiger partial charge in [0.2, 0.25) is 0 Å². The van der Waals surface area contributed by atoms with Crippen LogP contribution >= 0.6 is 0 Å². The van der Waals surface area contributed by atoms with Gasteiger partial charge in [0.15, 0.2) is 0 Å². The molecule has 0 aliphatic heterocycles. The summed E-state index contributed by atoms with van der Waals surface area (Å²) in [6.45, 7) is 7.57. The van der Waals surface area contributed by atoms with Gasteiger partial charge < -0.3 is 37.2 Å². The van der Waals surface area contributed by atoms with Crippen LogP contribution in [0.25, 0.3) is 0 Å². The molecule has 1 fully saturated rings. The van der Waals surface area contributed by atoms with Crippen LogP contribution in [0, 0.1) is 11.8 Å². The standard InChI is InChI=1S/C35H57Si.3ClH.Ti/c1-4-5-6-7-8-9-10-11-12-13-14-15-16-17-18-22-29-34-33-28-24-23-27-32(33)30(2)35(34,3)36-31-25-20-19-21-26-31;;;;/h19-21,23-27,33-34H,4-18,22,28-29,36H2,1-3H3;3*1H;/q;;;;+3/p-3. The summed E-state index contributed by atoms with van der Waals surface area (Å²) in [6.07, 6.45) is 33.3. The number of benzene rings is 1. The molecule has 2 aliphatic rings. The summed E-state index contributed by atoms with van der Waals surface area (Å²) in [6, 6.07) is 11.5. The molecule has 2 aliphatic carbocycles. The van der Waals surface area contributed by atoms with Crippen LogP contribution in [0.2, 0.25) is 8.76 Å². The van der Waals surface area contributed by atoms with Crippen molar-refractivity contribution in [3.8, 4) is 0 Å². The predicted octanol–water partition coefficient (Wildman–Crippen LogP) is 1.18. The molecule has 226 valence electrons. The second kappa shape index (κ2) is 22.1. The van der Waals surface area contributed by atoms with Gasteiger partial charge in [0.25, 0.3) is 0 Å². The molecule has 1 aromatic rings. The first-order valence-corrected chi connectivity index (χ1v) is 18.4. The Bertz CT molecular complexity index is 825. The molecule has 5 heteroatoms. The van der Waals surface area contributed by atoms with Gasteiger partial charge in [-0.25, -0.2) is 0 Å². The van der Waals surface area contributed by atoms with E-state index in [-0.39, 0.29) is 46.7 Å². The van der Waals surface area contributed by atoms with E-state index in [4.69, 9.17) is 0 Å². The first-order chi connectivity index (χ1) is 18.0. The molecule has 0 bridgehead atoms. The Balaban J connectivity index is 0.00000507. The maximum atomic E-state index is 2.68. The zero-order chi connectivity index (χ0) is 26.4. The molecule has 0 radical (unpaired) electrons. The first kappa shape index (κ1) is 40.5. The second-order valence-electron chi connectivity index (χ2n) is 12.8. The molecule has 40 heavy (non-hydrogen) atoms. The summed E-state index contributed by atoms with van der Waals surface area (Å²) in [7, 11) is -0.373. The molecule has 0 spiro atoms. The van der Waals surface area contributed by atoms with Gasteiger partial charge in [0, 0.05) is 0 Å². The van der Waals surface area contributed by atoms with E-state index < -0.39 is 0 Å². The summed E-state index contributed by atoms with van der Waals surface area (Å²) < 4.78 is 0.324. The molecular weight excluding hydrogens is 603 g/mol. The Labute approximate surface area is 281 Å². The van der Waals surface area contributed by atoms with Crippen LogP contribution < -0.4 is 42.4 Å². The topological polar surface area (TPSA) is 0 Å². The van der Waals surface area contributed by atoms with Gasteiger partial charge in [-0.05, 0) is 0 Å². The van der Waals surface area contributed by atoms with Gasteiger partial charge in [0.05, 0.1) is 0 Å². The molecule has 0 N–H and O–H groups in total. The summed E-state index contributed by atoms with van der Waals surface area (Å²) in [5.74, 6) is 1.65. The normalized spacial score (nSPS) is 25.2. The maximum absolute atomic E-state index is 2.68. The summed E-state index contributed by atoms with van der Waals surface area (Å²) in [5, 5.41) is 2.12. The van der Waals surface area contributed by atoms with E-state index in [9.17, 15) is 0 Å². The second-order valence-corrected chi connectivity index (χ2v) is 17.0. The van der Waals surface area contributed by atoms with E-state index in [0.717, 1.165) is 11.8 Å². The minimum absolute atomic E-state index is 0. The van der Waals surface area contributed by atoms with Crippen molar-refractivity contribution < 1.29 is 57.7 Å². The van der Waals surface area contributed by atoms with Crippen LogP contribution in [0.1, 0.15) is 136 Å². The van der Waals surface area contributed by atoms with Crippen LogP contribution in [-0.4, -0.2) is 9.52 Å². The fourth-order valence-corrected chi connectivity index (χ4v) is 11.3. The third kappa shape index (κ3) is 11.9. The van der Waals surface area contributed by atoms with E-state index in [2.05, 4.69) is 89.8 Å². The molecule has 1 saturated carbocycles. The van der Waals surface area contributed by atoms with Crippen LogP contribution in [0.15, 0.2) is 54.1 Å². The van der Waals surface area contributed by atoms with Crippen molar-refractivity contribution in [2.24, 2.45) is 11.8 Å². The van der Waals surface area contributed by atoms with E-state index in [1.165, 1.54) is 116 Å². The molecule has 4 atom stereocenters. The summed E-state index contributed by atoms with van der Waals surface area (Å²) in [4.78, 5) is 0. The molecule has 0 saturated heterocycles. The Morgan fingerprint density at radius 2 is 1.20 bits per heavy atom. The fourth-order valence-electron chi connectivity index (χ4n) is 7.47. The SMILES string of the molecule is CCCCCCCCCCCCCCCCCCC1C2CC=CC=C2[C](C)([Ti+3])C1(C)[SiH2]c1ccccc1.[Cl-].[Cl-].[Cl-]. The van der Waals surface area contributed by atoms with Gasteiger partial charge >= 0.3 is 188 Å². The summed E-state index contributed by atoms with van der Waals surface area (Å²) >= 11 is 2.58. The maximum Gasteiger partial charge on any atom is -1.00 e.